The van der Waals surface area contributed by atoms with Crippen LogP contribution < -0.4 is 0 Å². The molecule has 0 aromatic rings. The van der Waals surface area contributed by atoms with Crippen LogP contribution in [0.3, 0.4) is 0 Å². The number of carbonyl (C=O) groups is 2. The molecule has 0 radical (unpaired) electrons. The molecule has 0 bridgehead atoms. The minimum Gasteiger partial charge on any atom is -0.389 e. The van der Waals surface area contributed by atoms with E-state index in [4.69, 9.17) is 4.74 Å². The number of carbonyl (C=O) groups excluding carboxylic acids is 2. The van der Waals surface area contributed by atoms with Gasteiger partial charge in [-0.25, -0.2) is 4.79 Å². The molecule has 2 aliphatic heterocycles. The summed E-state index contributed by atoms with van der Waals surface area (Å²) in [5.74, 6) is 0.883. The molecular formula is C35H69N2O3+. The zero-order chi connectivity index (χ0) is 29.5. The number of hydrogen-bond donors (Lipinski definition) is 0. The van der Waals surface area contributed by atoms with E-state index in [2.05, 4.69) is 32.6 Å². The van der Waals surface area contributed by atoms with Crippen molar-refractivity contribution in [1.29, 1.82) is 0 Å². The fraction of sp³-hybridized carbons (Fsp3) is 0.943. The van der Waals surface area contributed by atoms with Crippen molar-refractivity contribution < 1.29 is 18.8 Å². The highest BCUT2D eigenvalue weighted by atomic mass is 16.6. The first-order valence-corrected chi connectivity index (χ1v) is 17.7. The van der Waals surface area contributed by atoms with Gasteiger partial charge < -0.3 is 14.1 Å². The van der Waals surface area contributed by atoms with Gasteiger partial charge >= 0.3 is 11.9 Å². The van der Waals surface area contributed by atoms with Gasteiger partial charge in [0.2, 0.25) is 0 Å². The normalized spacial score (nSPS) is 23.3. The number of unbranched alkanes of at least 4 members (excludes halogenated alkanes) is 10. The van der Waals surface area contributed by atoms with Crippen molar-refractivity contribution in [2.75, 3.05) is 45.8 Å². The summed E-state index contributed by atoms with van der Waals surface area (Å²) in [4.78, 5) is 25.9. The summed E-state index contributed by atoms with van der Waals surface area (Å²) in [5.41, 5.74) is 0. The Bertz CT molecular complexity index is 638. The van der Waals surface area contributed by atoms with E-state index in [1.54, 1.807) is 0 Å². The molecule has 2 aliphatic rings. The van der Waals surface area contributed by atoms with Crippen molar-refractivity contribution in [1.82, 2.24) is 4.90 Å². The predicted octanol–water partition coefficient (Wildman–Crippen LogP) is 8.93. The summed E-state index contributed by atoms with van der Waals surface area (Å²) in [6.45, 7) is 18.1. The lowest BCUT2D eigenvalue weighted by molar-refractivity contribution is -0.929. The molecule has 3 atom stereocenters. The van der Waals surface area contributed by atoms with Crippen LogP contribution in [-0.2, 0) is 14.3 Å². The van der Waals surface area contributed by atoms with E-state index < -0.39 is 5.97 Å². The highest BCUT2D eigenvalue weighted by molar-refractivity contribution is 5.84. The average molecular weight is 566 g/mol. The molecule has 2 rings (SSSR count). The summed E-state index contributed by atoms with van der Waals surface area (Å²) in [6, 6.07) is 0. The monoisotopic (exact) mass is 566 g/mol. The van der Waals surface area contributed by atoms with Crippen LogP contribution in [0.1, 0.15) is 157 Å². The first-order chi connectivity index (χ1) is 19.4. The van der Waals surface area contributed by atoms with Gasteiger partial charge in [0.15, 0.2) is 6.54 Å². The van der Waals surface area contributed by atoms with Gasteiger partial charge in [0.1, 0.15) is 0 Å². The van der Waals surface area contributed by atoms with E-state index in [1.165, 1.54) is 149 Å². The number of esters is 2. The maximum absolute atomic E-state index is 12.1. The number of rotatable bonds is 19. The molecule has 2 saturated heterocycles. The van der Waals surface area contributed by atoms with Crippen molar-refractivity contribution in [2.45, 2.75) is 157 Å². The molecule has 0 saturated carbocycles. The zero-order valence-corrected chi connectivity index (χ0v) is 27.7. The summed E-state index contributed by atoms with van der Waals surface area (Å²) in [5, 5.41) is 0. The summed E-state index contributed by atoms with van der Waals surface area (Å²) in [6.07, 6.45) is 25.5. The Kier molecular flexibility index (Phi) is 21.9. The van der Waals surface area contributed by atoms with Gasteiger partial charge in [0, 0.05) is 19.4 Å². The van der Waals surface area contributed by atoms with Crippen LogP contribution in [0.2, 0.25) is 0 Å². The first kappa shape index (κ1) is 37.1. The molecule has 0 amide bonds. The topological polar surface area (TPSA) is 46.6 Å². The van der Waals surface area contributed by atoms with Gasteiger partial charge in [-0.2, -0.15) is 0 Å². The largest absolute Gasteiger partial charge is 0.389 e. The number of quaternary nitrogens is 1. The third kappa shape index (κ3) is 17.8. The van der Waals surface area contributed by atoms with Gasteiger partial charge in [-0.3, -0.25) is 4.79 Å². The molecule has 0 aromatic heterocycles. The van der Waals surface area contributed by atoms with Gasteiger partial charge in [-0.05, 0) is 70.4 Å². The van der Waals surface area contributed by atoms with Crippen molar-refractivity contribution in [3.05, 3.63) is 0 Å². The number of likely N-dealkylation sites (tertiary alicyclic amines) is 2. The highest BCUT2D eigenvalue weighted by Crippen LogP contribution is 2.28. The minimum atomic E-state index is -0.486. The smallest absolute Gasteiger partial charge is 0.369 e. The number of ether oxygens (including phenoxy) is 1. The van der Waals surface area contributed by atoms with Crippen molar-refractivity contribution in [3.8, 4) is 0 Å². The Morgan fingerprint density at radius 2 is 1.40 bits per heavy atom. The molecular weight excluding hydrogens is 496 g/mol. The Balaban J connectivity index is 0.000000433. The van der Waals surface area contributed by atoms with E-state index in [-0.39, 0.29) is 5.97 Å². The van der Waals surface area contributed by atoms with Crippen molar-refractivity contribution in [3.63, 3.8) is 0 Å². The van der Waals surface area contributed by atoms with Gasteiger partial charge in [0.25, 0.3) is 0 Å². The lowest BCUT2D eigenvalue weighted by Gasteiger charge is -2.44. The number of piperidine rings is 2. The molecule has 0 aliphatic carbocycles. The maximum Gasteiger partial charge on any atom is 0.369 e. The van der Waals surface area contributed by atoms with E-state index in [1.807, 2.05) is 0 Å². The van der Waals surface area contributed by atoms with Crippen LogP contribution in [0, 0.1) is 11.8 Å². The van der Waals surface area contributed by atoms with E-state index in [0.29, 0.717) is 12.5 Å². The Morgan fingerprint density at radius 1 is 0.775 bits per heavy atom. The van der Waals surface area contributed by atoms with Gasteiger partial charge in [-0.15, -0.1) is 0 Å². The van der Waals surface area contributed by atoms with Crippen molar-refractivity contribution in [2.24, 2.45) is 11.8 Å². The Labute approximate surface area is 249 Å². The molecule has 0 spiro atoms. The molecule has 5 heteroatoms. The van der Waals surface area contributed by atoms with Gasteiger partial charge in [-0.1, -0.05) is 98.3 Å². The summed E-state index contributed by atoms with van der Waals surface area (Å²) in [7, 11) is 0. The van der Waals surface area contributed by atoms with Crippen LogP contribution in [-0.4, -0.2) is 67.1 Å². The lowest BCUT2D eigenvalue weighted by Crippen LogP contribution is -2.57. The molecule has 0 N–H and O–H groups in total. The molecule has 3 unspecified atom stereocenters. The second kappa shape index (κ2) is 23.6. The fourth-order valence-corrected chi connectivity index (χ4v) is 7.01. The fourth-order valence-electron chi connectivity index (χ4n) is 7.01. The Hall–Kier alpha value is -0.940. The van der Waals surface area contributed by atoms with Crippen LogP contribution in [0.15, 0.2) is 0 Å². The zero-order valence-electron chi connectivity index (χ0n) is 27.7. The SMILES string of the molecule is CCCCCCCCN1CCCC(CC)C1.CCCCCCCC[N+]1(CC(=O)OC(C)=O)CCCC(CCC)C1. The van der Waals surface area contributed by atoms with Gasteiger partial charge in [0.05, 0.1) is 19.6 Å². The average Bonchev–Trinajstić information content (AvgIpc) is 2.93. The quantitative estimate of drug-likeness (QED) is 0.0679. The summed E-state index contributed by atoms with van der Waals surface area (Å²) >= 11 is 0. The van der Waals surface area contributed by atoms with Crippen molar-refractivity contribution >= 4 is 11.9 Å². The second-order valence-electron chi connectivity index (χ2n) is 13.1. The second-order valence-corrected chi connectivity index (χ2v) is 13.1. The predicted molar refractivity (Wildman–Crippen MR) is 170 cm³/mol. The van der Waals surface area contributed by atoms with E-state index >= 15 is 0 Å². The van der Waals surface area contributed by atoms with Crippen LogP contribution in [0.25, 0.3) is 0 Å². The molecule has 5 nitrogen and oxygen atoms in total. The molecule has 40 heavy (non-hydrogen) atoms. The highest BCUT2D eigenvalue weighted by Gasteiger charge is 2.37. The molecule has 2 heterocycles. The van der Waals surface area contributed by atoms with Crippen LogP contribution in [0.4, 0.5) is 0 Å². The van der Waals surface area contributed by atoms with E-state index in [9.17, 15) is 9.59 Å². The summed E-state index contributed by atoms with van der Waals surface area (Å²) < 4.78 is 5.68. The lowest BCUT2D eigenvalue weighted by atomic mass is 9.91. The van der Waals surface area contributed by atoms with E-state index in [0.717, 1.165) is 30.0 Å². The third-order valence-corrected chi connectivity index (χ3v) is 9.30. The maximum atomic E-state index is 12.1. The molecule has 2 fully saturated rings. The Morgan fingerprint density at radius 3 is 2.02 bits per heavy atom. The minimum absolute atomic E-state index is 0.342. The van der Waals surface area contributed by atoms with Crippen LogP contribution >= 0.6 is 0 Å². The first-order valence-electron chi connectivity index (χ1n) is 17.7. The molecule has 0 aromatic carbocycles. The number of nitrogens with zero attached hydrogens (tertiary/aromatic N) is 2. The molecule has 236 valence electrons. The number of hydrogen-bond acceptors (Lipinski definition) is 4. The standard InChI is InChI=1S/C20H38NO3.C15H31N/c1-4-6-7-8-9-10-14-21(17-20(23)24-18(3)22)15-11-13-19(16-21)12-5-2;1-3-5-6-7-8-9-12-16-13-10-11-15(4-2)14-16/h19H,4-17H2,1-3H3;15H,3-14H2,1-2H3/q+1;. The van der Waals surface area contributed by atoms with Crippen LogP contribution in [0.5, 0.6) is 0 Å². The third-order valence-electron chi connectivity index (χ3n) is 9.30.